The van der Waals surface area contributed by atoms with E-state index in [0.717, 1.165) is 33.4 Å². The molecule has 6 atom stereocenters. The quantitative estimate of drug-likeness (QED) is 0.151. The molecule has 2 saturated heterocycles. The van der Waals surface area contributed by atoms with Gasteiger partial charge in [-0.3, -0.25) is 0 Å². The molecule has 8 rings (SSSR count). The van der Waals surface area contributed by atoms with Gasteiger partial charge in [-0.2, -0.15) is 0 Å². The lowest BCUT2D eigenvalue weighted by Crippen LogP contribution is -2.49. The van der Waals surface area contributed by atoms with Gasteiger partial charge in [-0.1, -0.05) is 157 Å². The molecule has 53 heavy (non-hydrogen) atoms. The highest BCUT2D eigenvalue weighted by atomic mass is 16.6. The second-order valence-electron chi connectivity index (χ2n) is 13.7. The number of ether oxygens (including phenoxy) is 3. The van der Waals surface area contributed by atoms with E-state index < -0.39 is 23.0 Å². The standard InChI is InChI=1S/C50H38O3/c1-5-15-39(16-6-1)25-27-43-23-13-31-49(35-43,33-29-41-19-9-3-10-20-41)47(45-37-51-45)53-48(46-38-52-46)50(34-30-42-21-11-4-12-22-42)32-14-24-44(36-50)28-26-40-17-7-2-8-18-40/h1-24,31-32,45-48H,35-38H2. The Labute approximate surface area is 313 Å². The summed E-state index contributed by atoms with van der Waals surface area (Å²) in [5.41, 5.74) is 4.35. The molecule has 6 unspecified atom stereocenters. The predicted octanol–water partition coefficient (Wildman–Crippen LogP) is 8.49. The number of hydrogen-bond donors (Lipinski definition) is 0. The summed E-state index contributed by atoms with van der Waals surface area (Å²) >= 11 is 0. The van der Waals surface area contributed by atoms with Gasteiger partial charge in [0, 0.05) is 46.2 Å². The molecular weight excluding hydrogens is 649 g/mol. The Balaban J connectivity index is 1.18. The Morgan fingerprint density at radius 1 is 0.472 bits per heavy atom. The van der Waals surface area contributed by atoms with Gasteiger partial charge in [-0.15, -0.1) is 0 Å². The summed E-state index contributed by atoms with van der Waals surface area (Å²) in [4.78, 5) is 0. The van der Waals surface area contributed by atoms with Crippen molar-refractivity contribution in [2.24, 2.45) is 10.8 Å². The van der Waals surface area contributed by atoms with Crippen LogP contribution in [0.15, 0.2) is 169 Å². The van der Waals surface area contributed by atoms with Crippen molar-refractivity contribution in [3.8, 4) is 47.4 Å². The molecule has 2 heterocycles. The molecule has 4 aliphatic rings. The fourth-order valence-electron chi connectivity index (χ4n) is 6.88. The van der Waals surface area contributed by atoms with Gasteiger partial charge in [0.15, 0.2) is 0 Å². The molecule has 3 nitrogen and oxygen atoms in total. The third-order valence-corrected chi connectivity index (χ3v) is 9.76. The maximum Gasteiger partial charge on any atom is 0.109 e. The van der Waals surface area contributed by atoms with Crippen LogP contribution in [-0.4, -0.2) is 37.6 Å². The van der Waals surface area contributed by atoms with E-state index in [9.17, 15) is 0 Å². The lowest BCUT2D eigenvalue weighted by Gasteiger charge is -2.42. The van der Waals surface area contributed by atoms with Crippen molar-refractivity contribution < 1.29 is 14.2 Å². The highest BCUT2D eigenvalue weighted by Crippen LogP contribution is 2.47. The highest BCUT2D eigenvalue weighted by molar-refractivity contribution is 5.50. The molecule has 0 saturated carbocycles. The van der Waals surface area contributed by atoms with Crippen LogP contribution in [-0.2, 0) is 14.2 Å². The minimum absolute atomic E-state index is 0.146. The maximum absolute atomic E-state index is 7.47. The Morgan fingerprint density at radius 3 is 1.15 bits per heavy atom. The van der Waals surface area contributed by atoms with Crippen LogP contribution in [0.2, 0.25) is 0 Å². The second-order valence-corrected chi connectivity index (χ2v) is 13.7. The van der Waals surface area contributed by atoms with Crippen molar-refractivity contribution in [3.05, 3.63) is 191 Å². The zero-order valence-corrected chi connectivity index (χ0v) is 29.4. The van der Waals surface area contributed by atoms with Crippen molar-refractivity contribution in [1.29, 1.82) is 0 Å². The molecule has 0 bridgehead atoms. The monoisotopic (exact) mass is 686 g/mol. The molecule has 2 fully saturated rings. The van der Waals surface area contributed by atoms with Crippen LogP contribution in [0, 0.1) is 58.2 Å². The van der Waals surface area contributed by atoms with Gasteiger partial charge in [0.2, 0.25) is 0 Å². The molecule has 2 aliphatic heterocycles. The third kappa shape index (κ3) is 8.54. The van der Waals surface area contributed by atoms with Gasteiger partial charge in [-0.25, -0.2) is 0 Å². The summed E-state index contributed by atoms with van der Waals surface area (Å²) in [6.45, 7) is 1.18. The molecule has 0 radical (unpaired) electrons. The lowest BCUT2D eigenvalue weighted by molar-refractivity contribution is -0.102. The van der Waals surface area contributed by atoms with E-state index in [0.29, 0.717) is 26.1 Å². The summed E-state index contributed by atoms with van der Waals surface area (Å²) in [6, 6.07) is 40.4. The van der Waals surface area contributed by atoms with Crippen molar-refractivity contribution >= 4 is 0 Å². The van der Waals surface area contributed by atoms with Crippen LogP contribution in [0.25, 0.3) is 0 Å². The first-order chi connectivity index (χ1) is 26.2. The minimum atomic E-state index is -0.724. The molecule has 4 aromatic rings. The average Bonchev–Trinajstić information content (AvgIpc) is 4.17. The number of hydrogen-bond acceptors (Lipinski definition) is 3. The Hall–Kier alpha value is -6.04. The summed E-state index contributed by atoms with van der Waals surface area (Å²) < 4.78 is 19.7. The minimum Gasteiger partial charge on any atom is -0.370 e. The van der Waals surface area contributed by atoms with E-state index in [1.165, 1.54) is 0 Å². The van der Waals surface area contributed by atoms with Crippen LogP contribution in [0.3, 0.4) is 0 Å². The fraction of sp³-hybridized carbons (Fsp3) is 0.200. The number of rotatable bonds is 6. The van der Waals surface area contributed by atoms with Crippen molar-refractivity contribution in [2.45, 2.75) is 37.3 Å². The van der Waals surface area contributed by atoms with Crippen LogP contribution < -0.4 is 0 Å². The Morgan fingerprint density at radius 2 is 0.811 bits per heavy atom. The van der Waals surface area contributed by atoms with E-state index in [4.69, 9.17) is 14.2 Å². The zero-order chi connectivity index (χ0) is 35.8. The average molecular weight is 687 g/mol. The highest BCUT2D eigenvalue weighted by Gasteiger charge is 2.55. The first-order valence-corrected chi connectivity index (χ1v) is 18.1. The van der Waals surface area contributed by atoms with Gasteiger partial charge < -0.3 is 14.2 Å². The van der Waals surface area contributed by atoms with Gasteiger partial charge >= 0.3 is 0 Å². The number of allylic oxidation sites excluding steroid dienone is 6. The van der Waals surface area contributed by atoms with Crippen LogP contribution >= 0.6 is 0 Å². The normalized spacial score (nSPS) is 24.5. The molecule has 4 aromatic carbocycles. The van der Waals surface area contributed by atoms with Crippen LogP contribution in [0.1, 0.15) is 35.1 Å². The van der Waals surface area contributed by atoms with Crippen molar-refractivity contribution in [2.75, 3.05) is 13.2 Å². The van der Waals surface area contributed by atoms with E-state index in [1.807, 2.05) is 121 Å². The Bertz CT molecular complexity index is 2130. The largest absolute Gasteiger partial charge is 0.370 e. The van der Waals surface area contributed by atoms with Gasteiger partial charge in [0.1, 0.15) is 24.4 Å². The van der Waals surface area contributed by atoms with E-state index in [2.05, 4.69) is 83.8 Å². The lowest BCUT2D eigenvalue weighted by atomic mass is 9.71. The SMILES string of the molecule is C(#Cc1ccccc1)C1=CC=CC(C#Cc2ccccc2)(C(OC(C2CO2)C2(C#Cc3ccccc3)C=CC=C(C#Cc3ccccc3)C2)C2CO2)C1. The summed E-state index contributed by atoms with van der Waals surface area (Å²) in [5.74, 6) is 28.0. The summed E-state index contributed by atoms with van der Waals surface area (Å²) in [7, 11) is 0. The zero-order valence-electron chi connectivity index (χ0n) is 29.4. The fourth-order valence-corrected chi connectivity index (χ4v) is 6.88. The smallest absolute Gasteiger partial charge is 0.109 e. The van der Waals surface area contributed by atoms with E-state index >= 15 is 0 Å². The molecular formula is C50H38O3. The molecule has 256 valence electrons. The van der Waals surface area contributed by atoms with Crippen molar-refractivity contribution in [1.82, 2.24) is 0 Å². The van der Waals surface area contributed by atoms with Crippen LogP contribution in [0.4, 0.5) is 0 Å². The number of benzene rings is 4. The predicted molar refractivity (Wildman–Crippen MR) is 210 cm³/mol. The van der Waals surface area contributed by atoms with Gasteiger partial charge in [0.05, 0.1) is 24.0 Å². The van der Waals surface area contributed by atoms with E-state index in [1.54, 1.807) is 0 Å². The number of epoxide rings is 2. The molecule has 3 heteroatoms. The van der Waals surface area contributed by atoms with Gasteiger partial charge in [-0.05, 0) is 48.5 Å². The summed E-state index contributed by atoms with van der Waals surface area (Å²) in [5, 5.41) is 0. The topological polar surface area (TPSA) is 34.3 Å². The molecule has 0 spiro atoms. The third-order valence-electron chi connectivity index (χ3n) is 9.76. The molecule has 0 N–H and O–H groups in total. The first kappa shape index (κ1) is 34.1. The molecule has 2 aliphatic carbocycles. The molecule has 0 aromatic heterocycles. The maximum atomic E-state index is 7.47. The van der Waals surface area contributed by atoms with Crippen LogP contribution in [0.5, 0.6) is 0 Å². The summed E-state index contributed by atoms with van der Waals surface area (Å²) in [6.07, 6.45) is 12.7. The first-order valence-electron chi connectivity index (χ1n) is 18.1. The van der Waals surface area contributed by atoms with Gasteiger partial charge in [0.25, 0.3) is 0 Å². The van der Waals surface area contributed by atoms with Crippen molar-refractivity contribution in [3.63, 3.8) is 0 Å². The second kappa shape index (κ2) is 15.7. The Kier molecular flexibility index (Phi) is 10.1. The van der Waals surface area contributed by atoms with E-state index in [-0.39, 0.29) is 12.2 Å². The molecule has 0 amide bonds.